The van der Waals surface area contributed by atoms with Crippen LogP contribution in [-0.4, -0.2) is 219 Å². The number of nitrogens with zero attached hydrogens (tertiary/aromatic N) is 6. The molecule has 3 heterocycles. The number of hydrogen-bond acceptors (Lipinski definition) is 16. The van der Waals surface area contributed by atoms with Crippen LogP contribution in [0.4, 0.5) is 0 Å². The number of carbonyl (C=O) groups excluding carboxylic acids is 9. The largest absolute Gasteiger partial charge is 0.480 e. The van der Waals surface area contributed by atoms with Crippen molar-refractivity contribution in [3.63, 3.8) is 0 Å². The first-order valence-corrected chi connectivity index (χ1v) is 32.2. The van der Waals surface area contributed by atoms with Crippen molar-refractivity contribution >= 4 is 77.0 Å². The number of aliphatic carboxylic acids is 1. The van der Waals surface area contributed by atoms with Gasteiger partial charge in [-0.05, 0) is 112 Å². The maximum Gasteiger partial charge on any atom is 0.326 e. The quantitative estimate of drug-likeness (QED) is 0.0185. The van der Waals surface area contributed by atoms with Gasteiger partial charge in [-0.2, -0.15) is 0 Å². The van der Waals surface area contributed by atoms with E-state index in [2.05, 4.69) is 46.9 Å². The van der Waals surface area contributed by atoms with E-state index in [0.717, 1.165) is 28.9 Å². The molecular weight excluding hydrogens is 1220 g/mol. The molecule has 32 nitrogen and oxygen atoms in total. The molecule has 4 fully saturated rings. The number of likely N-dealkylation sites (tertiary alicyclic amines) is 3. The van der Waals surface area contributed by atoms with Gasteiger partial charge in [0, 0.05) is 51.6 Å². The summed E-state index contributed by atoms with van der Waals surface area (Å²) < 4.78 is 0. The third kappa shape index (κ3) is 19.9. The number of carbonyl (C=O) groups is 10. The monoisotopic (exact) mass is 1310 g/mol. The number of hydrogen-bond donors (Lipinski definition) is 16. The fraction of sp³-hybridized carbons (Fsp3) is 0.597. The van der Waals surface area contributed by atoms with Gasteiger partial charge in [-0.25, -0.2) is 4.79 Å². The molecule has 12 atom stereocenters. The highest BCUT2D eigenvalue weighted by Gasteiger charge is 2.51. The van der Waals surface area contributed by atoms with E-state index >= 15 is 4.79 Å². The first-order chi connectivity index (χ1) is 44.9. The Labute approximate surface area is 544 Å². The highest BCUT2D eigenvalue weighted by molar-refractivity contribution is 5.99. The van der Waals surface area contributed by atoms with Crippen LogP contribution < -0.4 is 72.0 Å². The standard InChI is InChI=1S/C62H93N19O13/c63-40(17-8-22-70-60(64)65)51(85)74-41(18-9-23-71-61(66)67)56(90)79-25-11-21-46(79)58(92)80-32-39(83)30-47(80)53(87)73-31-49(84)78-50(38-27-35-14-4-5-15-36(35)28-38)55(89)77-44(33-82)52(86)76-43(26-34-12-2-1-3-13-34)57(91)81-45-20-7-6-16-37(45)29-48(81)54(88)75-42(59(93)94)19-10-24-72-62(68)69/h1-5,12-15,37-48,50,82-83H,6-11,16-33,63H2,(H,73,87)(H,74,85)(H,75,88)(H,76,86)(H,77,89)(H,78,84)(H,93,94)(H4,64,65,70)(H4,66,67,71)(H4,68,69,72)/t37-,39+,40+,41-,42-,43-,44-,45-,46-,47-,48-,50-/m0/s1. The molecule has 5 aliphatic rings. The number of guanidine groups is 3. The van der Waals surface area contributed by atoms with Gasteiger partial charge in [-0.15, -0.1) is 0 Å². The zero-order chi connectivity index (χ0) is 68.2. The molecule has 514 valence electrons. The van der Waals surface area contributed by atoms with Crippen LogP contribution in [0.15, 0.2) is 69.6 Å². The number of carboxylic acid groups (broad SMARTS) is 1. The minimum atomic E-state index is -1.70. The lowest BCUT2D eigenvalue weighted by molar-refractivity contribution is -0.148. The molecule has 0 radical (unpaired) electrons. The van der Waals surface area contributed by atoms with Crippen molar-refractivity contribution in [1.82, 2.24) is 46.6 Å². The molecule has 1 saturated carbocycles. The van der Waals surface area contributed by atoms with Crippen LogP contribution in [0.5, 0.6) is 0 Å². The van der Waals surface area contributed by atoms with Gasteiger partial charge in [0.25, 0.3) is 0 Å². The lowest BCUT2D eigenvalue weighted by Gasteiger charge is -2.36. The van der Waals surface area contributed by atoms with E-state index < -0.39 is 145 Å². The number of fused-ring (bicyclic) bond motifs is 2. The van der Waals surface area contributed by atoms with E-state index in [1.807, 2.05) is 24.3 Å². The molecule has 7 rings (SSSR count). The summed E-state index contributed by atoms with van der Waals surface area (Å²) in [6.45, 7) is -1.37. The first kappa shape index (κ1) is 72.3. The zero-order valence-corrected chi connectivity index (χ0v) is 52.8. The second kappa shape index (κ2) is 34.7. The van der Waals surface area contributed by atoms with Gasteiger partial charge in [0.15, 0.2) is 17.9 Å². The fourth-order valence-corrected chi connectivity index (χ4v) is 13.4. The smallest absolute Gasteiger partial charge is 0.326 e. The van der Waals surface area contributed by atoms with Gasteiger partial charge in [0.1, 0.15) is 48.3 Å². The zero-order valence-electron chi connectivity index (χ0n) is 52.8. The molecule has 2 aromatic rings. The Morgan fingerprint density at radius 3 is 1.79 bits per heavy atom. The van der Waals surface area contributed by atoms with Crippen LogP contribution in [0, 0.1) is 11.8 Å². The molecule has 32 heteroatoms. The molecule has 2 aliphatic carbocycles. The summed E-state index contributed by atoms with van der Waals surface area (Å²) in [6.07, 6.45) is 3.94. The van der Waals surface area contributed by atoms with Crippen LogP contribution in [0.1, 0.15) is 107 Å². The Kier molecular flexibility index (Phi) is 26.6. The number of benzene rings is 2. The summed E-state index contributed by atoms with van der Waals surface area (Å²) in [4.78, 5) is 157. The van der Waals surface area contributed by atoms with E-state index in [9.17, 15) is 58.5 Å². The lowest BCUT2D eigenvalue weighted by Crippen LogP contribution is -2.61. The Morgan fingerprint density at radius 2 is 1.17 bits per heavy atom. The summed E-state index contributed by atoms with van der Waals surface area (Å²) in [5.41, 5.74) is 41.3. The van der Waals surface area contributed by atoms with Crippen molar-refractivity contribution < 1.29 is 63.3 Å². The van der Waals surface area contributed by atoms with Crippen LogP contribution in [-0.2, 0) is 67.2 Å². The molecule has 3 aliphatic heterocycles. The summed E-state index contributed by atoms with van der Waals surface area (Å²) in [5, 5.41) is 47.8. The number of rotatable bonds is 32. The van der Waals surface area contributed by atoms with Crippen molar-refractivity contribution in [2.24, 2.45) is 66.9 Å². The average molecular weight is 1310 g/mol. The van der Waals surface area contributed by atoms with Gasteiger partial charge < -0.3 is 102 Å². The maximum absolute atomic E-state index is 15.2. The van der Waals surface area contributed by atoms with Gasteiger partial charge in [-0.1, -0.05) is 67.4 Å². The van der Waals surface area contributed by atoms with Crippen LogP contribution in [0.3, 0.4) is 0 Å². The Bertz CT molecular complexity index is 3080. The van der Waals surface area contributed by atoms with E-state index in [-0.39, 0.29) is 114 Å². The minimum absolute atomic E-state index is 0.00859. The number of nitrogens with one attached hydrogen (secondary N) is 6. The molecule has 0 aromatic heterocycles. The fourth-order valence-electron chi connectivity index (χ4n) is 13.4. The number of aliphatic hydroxyl groups is 2. The highest BCUT2D eigenvalue weighted by atomic mass is 16.4. The van der Waals surface area contributed by atoms with E-state index in [0.29, 0.717) is 44.1 Å². The number of amides is 9. The summed E-state index contributed by atoms with van der Waals surface area (Å²) in [7, 11) is 0. The van der Waals surface area contributed by atoms with E-state index in [1.54, 1.807) is 30.3 Å². The minimum Gasteiger partial charge on any atom is -0.480 e. The first-order valence-electron chi connectivity index (χ1n) is 32.2. The number of carboxylic acids is 1. The van der Waals surface area contributed by atoms with Gasteiger partial charge in [-0.3, -0.25) is 58.1 Å². The molecule has 9 amide bonds. The van der Waals surface area contributed by atoms with Gasteiger partial charge in [0.05, 0.1) is 25.3 Å². The third-order valence-corrected chi connectivity index (χ3v) is 18.0. The van der Waals surface area contributed by atoms with Gasteiger partial charge in [0.2, 0.25) is 53.2 Å². The summed E-state index contributed by atoms with van der Waals surface area (Å²) in [5.74, 6) is -9.15. The lowest BCUT2D eigenvalue weighted by atomic mass is 9.84. The van der Waals surface area contributed by atoms with Crippen LogP contribution in [0.25, 0.3) is 0 Å². The second-order valence-electron chi connectivity index (χ2n) is 24.8. The number of nitrogens with two attached hydrogens (primary N) is 7. The van der Waals surface area contributed by atoms with Crippen molar-refractivity contribution in [2.75, 3.05) is 45.9 Å². The number of aliphatic hydroxyl groups excluding tert-OH is 2. The topological polar surface area (TPSA) is 533 Å². The molecular formula is C62H93N19O13. The molecule has 3 saturated heterocycles. The molecule has 94 heavy (non-hydrogen) atoms. The van der Waals surface area contributed by atoms with Crippen molar-refractivity contribution in [1.29, 1.82) is 0 Å². The summed E-state index contributed by atoms with van der Waals surface area (Å²) in [6, 6.07) is 4.27. The Morgan fingerprint density at radius 1 is 0.585 bits per heavy atom. The van der Waals surface area contributed by atoms with Crippen LogP contribution in [0.2, 0.25) is 0 Å². The highest BCUT2D eigenvalue weighted by Crippen LogP contribution is 2.41. The van der Waals surface area contributed by atoms with Gasteiger partial charge >= 0.3 is 5.97 Å². The summed E-state index contributed by atoms with van der Waals surface area (Å²) >= 11 is 0. The molecule has 0 bridgehead atoms. The molecule has 0 unspecified atom stereocenters. The van der Waals surface area contributed by atoms with E-state index in [4.69, 9.17) is 40.1 Å². The third-order valence-electron chi connectivity index (χ3n) is 18.0. The average Bonchev–Trinajstić information content (AvgIpc) is 1.63. The molecule has 0 spiro atoms. The predicted molar refractivity (Wildman–Crippen MR) is 344 cm³/mol. The maximum atomic E-state index is 15.2. The Balaban J connectivity index is 1.03. The van der Waals surface area contributed by atoms with E-state index in [1.165, 1.54) is 9.80 Å². The van der Waals surface area contributed by atoms with Crippen molar-refractivity contribution in [2.45, 2.75) is 176 Å². The van der Waals surface area contributed by atoms with Crippen LogP contribution >= 0.6 is 0 Å². The predicted octanol–water partition coefficient (Wildman–Crippen LogP) is -5.14. The number of aliphatic imine (C=N–C) groups is 3. The normalized spacial score (nSPS) is 21.7. The Hall–Kier alpha value is -9.17. The van der Waals surface area contributed by atoms with Crippen molar-refractivity contribution in [3.05, 3.63) is 71.3 Å². The van der Waals surface area contributed by atoms with Crippen molar-refractivity contribution in [3.8, 4) is 0 Å². The number of β-amino-alcohol motifs (C(OH)–C–C–N with tert-alkyl or cyclic N) is 1. The second-order valence-corrected chi connectivity index (χ2v) is 24.8. The molecule has 2 aromatic carbocycles. The SMILES string of the molecule is NC(N)=NCCC[C@@H](N)C(=O)N[C@@H](CCCN=C(N)N)C(=O)N1CCC[C@H]1C(=O)N1C[C@H](O)C[C@H]1C(=O)NCC(=O)N[C@H](C(=O)N[C@@H](CO)C(=O)N[C@@H](Cc1ccccc1)C(=O)N1[C@H](C(=O)N[C@@H](CCCN=C(N)N)C(=O)O)C[C@@H]2CCCC[C@@H]21)C1Cc2ccccc2C1. The molecule has 23 N–H and O–H groups in total.